The molecule has 3 rings (SSSR count). The van der Waals surface area contributed by atoms with E-state index in [4.69, 9.17) is 5.73 Å². The average molecular weight is 221 g/mol. The maximum atomic E-state index is 5.62. The highest BCUT2D eigenvalue weighted by Gasteiger charge is 2.10. The zero-order chi connectivity index (χ0) is 11.7. The lowest BCUT2D eigenvalue weighted by Gasteiger charge is -2.08. The van der Waals surface area contributed by atoms with Crippen LogP contribution in [0.4, 0.5) is 0 Å². The van der Waals surface area contributed by atoms with Gasteiger partial charge in [-0.2, -0.15) is 0 Å². The molecule has 0 aliphatic heterocycles. The second kappa shape index (κ2) is 4.19. The normalized spacial score (nSPS) is 12.8. The van der Waals surface area contributed by atoms with Crippen LogP contribution in [0.1, 0.15) is 16.7 Å². The van der Waals surface area contributed by atoms with Gasteiger partial charge in [-0.3, -0.25) is 0 Å². The summed E-state index contributed by atoms with van der Waals surface area (Å²) in [5.41, 5.74) is 12.2. The Bertz CT molecular complexity index is 565. The fraction of sp³-hybridized carbons (Fsp3) is 0.125. The van der Waals surface area contributed by atoms with E-state index in [-0.39, 0.29) is 0 Å². The summed E-state index contributed by atoms with van der Waals surface area (Å²) in [5, 5.41) is 0. The largest absolute Gasteiger partial charge is 0.326 e. The summed E-state index contributed by atoms with van der Waals surface area (Å²) in [4.78, 5) is 0. The molecule has 2 aromatic carbocycles. The lowest BCUT2D eigenvalue weighted by molar-refractivity contribution is 1.07. The van der Waals surface area contributed by atoms with Gasteiger partial charge in [0.1, 0.15) is 0 Å². The van der Waals surface area contributed by atoms with Crippen LogP contribution in [0, 0.1) is 0 Å². The number of hydrogen-bond acceptors (Lipinski definition) is 1. The quantitative estimate of drug-likeness (QED) is 0.826. The molecule has 0 spiro atoms. The van der Waals surface area contributed by atoms with E-state index in [0.29, 0.717) is 6.54 Å². The number of allylic oxidation sites excluding steroid dienone is 1. The van der Waals surface area contributed by atoms with Gasteiger partial charge in [-0.05, 0) is 34.2 Å². The molecule has 1 nitrogen and oxygen atoms in total. The molecule has 2 N–H and O–H groups in total. The highest BCUT2D eigenvalue weighted by atomic mass is 14.5. The molecule has 0 bridgehead atoms. The van der Waals surface area contributed by atoms with Crippen molar-refractivity contribution in [2.75, 3.05) is 0 Å². The fourth-order valence-corrected chi connectivity index (χ4v) is 2.36. The summed E-state index contributed by atoms with van der Waals surface area (Å²) in [7, 11) is 0. The van der Waals surface area contributed by atoms with Crippen molar-refractivity contribution < 1.29 is 0 Å². The molecule has 0 unspecified atom stereocenters. The first-order valence-corrected chi connectivity index (χ1v) is 5.96. The van der Waals surface area contributed by atoms with Crippen LogP contribution in [0.5, 0.6) is 0 Å². The number of hydrogen-bond donors (Lipinski definition) is 1. The molecule has 1 heteroatoms. The summed E-state index contributed by atoms with van der Waals surface area (Å²) >= 11 is 0. The van der Waals surface area contributed by atoms with Crippen molar-refractivity contribution in [1.29, 1.82) is 0 Å². The van der Waals surface area contributed by atoms with Gasteiger partial charge in [-0.15, -0.1) is 0 Å². The first-order valence-electron chi connectivity index (χ1n) is 5.96. The SMILES string of the molecule is NCc1ccc(-c2cccc3c2C=CC3)cc1. The Morgan fingerprint density at radius 2 is 1.82 bits per heavy atom. The van der Waals surface area contributed by atoms with Crippen molar-refractivity contribution in [2.24, 2.45) is 5.73 Å². The van der Waals surface area contributed by atoms with Gasteiger partial charge in [-0.1, -0.05) is 54.6 Å². The predicted octanol–water partition coefficient (Wildman–Crippen LogP) is 3.38. The Hall–Kier alpha value is -1.86. The van der Waals surface area contributed by atoms with Crippen LogP contribution in [0.2, 0.25) is 0 Å². The third-order valence-electron chi connectivity index (χ3n) is 3.32. The number of benzene rings is 2. The molecular formula is C16H15N. The van der Waals surface area contributed by atoms with E-state index >= 15 is 0 Å². The molecule has 1 aliphatic rings. The molecule has 0 aromatic heterocycles. The lowest BCUT2D eigenvalue weighted by Crippen LogP contribution is -1.95. The van der Waals surface area contributed by atoms with Crippen molar-refractivity contribution in [3.05, 3.63) is 65.2 Å². The van der Waals surface area contributed by atoms with Gasteiger partial charge in [-0.25, -0.2) is 0 Å². The van der Waals surface area contributed by atoms with Gasteiger partial charge in [0.2, 0.25) is 0 Å². The molecule has 0 amide bonds. The number of rotatable bonds is 2. The molecule has 1 aliphatic carbocycles. The van der Waals surface area contributed by atoms with Gasteiger partial charge < -0.3 is 5.73 Å². The fourth-order valence-electron chi connectivity index (χ4n) is 2.36. The van der Waals surface area contributed by atoms with Crippen molar-refractivity contribution in [1.82, 2.24) is 0 Å². The molecular weight excluding hydrogens is 206 g/mol. The number of nitrogens with two attached hydrogens (primary N) is 1. The second-order valence-electron chi connectivity index (χ2n) is 4.39. The predicted molar refractivity (Wildman–Crippen MR) is 72.5 cm³/mol. The van der Waals surface area contributed by atoms with E-state index < -0.39 is 0 Å². The molecule has 0 heterocycles. The molecule has 0 radical (unpaired) electrons. The smallest absolute Gasteiger partial charge is 0.0178 e. The monoisotopic (exact) mass is 221 g/mol. The van der Waals surface area contributed by atoms with Crippen LogP contribution in [0.3, 0.4) is 0 Å². The third-order valence-corrected chi connectivity index (χ3v) is 3.32. The maximum Gasteiger partial charge on any atom is 0.0178 e. The molecule has 0 saturated heterocycles. The van der Waals surface area contributed by atoms with Crippen LogP contribution < -0.4 is 5.73 Å². The van der Waals surface area contributed by atoms with Crippen LogP contribution in [-0.2, 0) is 13.0 Å². The van der Waals surface area contributed by atoms with Crippen LogP contribution in [0.25, 0.3) is 17.2 Å². The van der Waals surface area contributed by atoms with Gasteiger partial charge in [0.05, 0.1) is 0 Å². The van der Waals surface area contributed by atoms with Gasteiger partial charge in [0.15, 0.2) is 0 Å². The van der Waals surface area contributed by atoms with Gasteiger partial charge >= 0.3 is 0 Å². The minimum Gasteiger partial charge on any atom is -0.326 e. The topological polar surface area (TPSA) is 26.0 Å². The van der Waals surface area contributed by atoms with E-state index in [2.05, 4.69) is 54.6 Å². The maximum absolute atomic E-state index is 5.62. The summed E-state index contributed by atoms with van der Waals surface area (Å²) in [6.07, 6.45) is 5.51. The van der Waals surface area contributed by atoms with Crippen molar-refractivity contribution in [2.45, 2.75) is 13.0 Å². The zero-order valence-electron chi connectivity index (χ0n) is 9.69. The molecule has 0 saturated carbocycles. The van der Waals surface area contributed by atoms with Crippen LogP contribution >= 0.6 is 0 Å². The summed E-state index contributed by atoms with van der Waals surface area (Å²) < 4.78 is 0. The minimum absolute atomic E-state index is 0.604. The molecule has 17 heavy (non-hydrogen) atoms. The highest BCUT2D eigenvalue weighted by molar-refractivity contribution is 5.79. The zero-order valence-corrected chi connectivity index (χ0v) is 9.69. The Kier molecular flexibility index (Phi) is 2.54. The van der Waals surface area contributed by atoms with E-state index in [1.54, 1.807) is 0 Å². The highest BCUT2D eigenvalue weighted by Crippen LogP contribution is 2.31. The lowest BCUT2D eigenvalue weighted by atomic mass is 9.96. The molecule has 0 fully saturated rings. The van der Waals surface area contributed by atoms with E-state index in [1.165, 1.54) is 27.8 Å². The standard InChI is InChI=1S/C16H15N/c17-11-12-7-9-14(10-8-12)16-6-2-4-13-3-1-5-15(13)16/h1-2,4-10H,3,11,17H2. The number of fused-ring (bicyclic) bond motifs is 1. The van der Waals surface area contributed by atoms with Crippen LogP contribution in [-0.4, -0.2) is 0 Å². The Labute approximate surface area is 102 Å². The Balaban J connectivity index is 2.09. The first kappa shape index (κ1) is 10.3. The van der Waals surface area contributed by atoms with Crippen molar-refractivity contribution in [3.63, 3.8) is 0 Å². The van der Waals surface area contributed by atoms with Crippen molar-refractivity contribution >= 4 is 6.08 Å². The van der Waals surface area contributed by atoms with E-state index in [0.717, 1.165) is 6.42 Å². The van der Waals surface area contributed by atoms with Gasteiger partial charge in [0, 0.05) is 6.54 Å². The molecule has 2 aromatic rings. The van der Waals surface area contributed by atoms with Gasteiger partial charge in [0.25, 0.3) is 0 Å². The van der Waals surface area contributed by atoms with Crippen LogP contribution in [0.15, 0.2) is 48.5 Å². The summed E-state index contributed by atoms with van der Waals surface area (Å²) in [6.45, 7) is 0.604. The van der Waals surface area contributed by atoms with E-state index in [1.807, 2.05) is 0 Å². The van der Waals surface area contributed by atoms with E-state index in [9.17, 15) is 0 Å². The molecule has 0 atom stereocenters. The first-order chi connectivity index (χ1) is 8.38. The Morgan fingerprint density at radius 3 is 2.59 bits per heavy atom. The second-order valence-corrected chi connectivity index (χ2v) is 4.39. The summed E-state index contributed by atoms with van der Waals surface area (Å²) in [6, 6.07) is 15.0. The third kappa shape index (κ3) is 1.79. The minimum atomic E-state index is 0.604. The Morgan fingerprint density at radius 1 is 1.00 bits per heavy atom. The summed E-state index contributed by atoms with van der Waals surface area (Å²) in [5.74, 6) is 0. The average Bonchev–Trinajstić information content (AvgIpc) is 2.87. The van der Waals surface area contributed by atoms with Crippen molar-refractivity contribution in [3.8, 4) is 11.1 Å². The molecule has 84 valence electrons.